The highest BCUT2D eigenvalue weighted by atomic mass is 16.5. The van der Waals surface area contributed by atoms with E-state index in [0.717, 1.165) is 19.0 Å². The average Bonchev–Trinajstić information content (AvgIpc) is 2.54. The van der Waals surface area contributed by atoms with Crippen LogP contribution in [0.2, 0.25) is 0 Å². The molecule has 122 valence electrons. The maximum Gasteiger partial charge on any atom is 0.0589 e. The van der Waals surface area contributed by atoms with Gasteiger partial charge in [0.05, 0.1) is 6.10 Å². The number of nitrogens with zero attached hydrogens (tertiary/aromatic N) is 2. The standard InChI is InChI=1S/C17H33N3O/c1-14-11-19-9-4-3-6-15(19)12-20(14)17(13-18)8-5-7-16(10-17)21-2/h14-16H,3-13,18H2,1-2H3. The number of rotatable bonds is 3. The van der Waals surface area contributed by atoms with Gasteiger partial charge < -0.3 is 10.5 Å². The van der Waals surface area contributed by atoms with E-state index in [1.807, 2.05) is 7.11 Å². The summed E-state index contributed by atoms with van der Waals surface area (Å²) < 4.78 is 5.69. The molecule has 2 heterocycles. The molecule has 1 saturated carbocycles. The average molecular weight is 295 g/mol. The first kappa shape index (κ1) is 15.7. The molecular weight excluding hydrogens is 262 g/mol. The molecule has 0 aromatic heterocycles. The molecule has 0 radical (unpaired) electrons. The van der Waals surface area contributed by atoms with Crippen LogP contribution in [0.25, 0.3) is 0 Å². The van der Waals surface area contributed by atoms with Crippen molar-refractivity contribution in [1.29, 1.82) is 0 Å². The summed E-state index contributed by atoms with van der Waals surface area (Å²) >= 11 is 0. The number of piperidine rings is 1. The Balaban J connectivity index is 1.76. The van der Waals surface area contributed by atoms with Crippen molar-refractivity contribution in [3.63, 3.8) is 0 Å². The minimum atomic E-state index is 0.182. The Morgan fingerprint density at radius 2 is 2.05 bits per heavy atom. The van der Waals surface area contributed by atoms with Crippen molar-refractivity contribution in [2.75, 3.05) is 33.3 Å². The lowest BCUT2D eigenvalue weighted by atomic mass is 9.76. The minimum absolute atomic E-state index is 0.182. The van der Waals surface area contributed by atoms with Crippen molar-refractivity contribution in [1.82, 2.24) is 9.80 Å². The SMILES string of the molecule is COC1CCCC(CN)(N2CC3CCCCN3CC2C)C1. The van der Waals surface area contributed by atoms with Crippen molar-refractivity contribution in [2.45, 2.75) is 75.6 Å². The smallest absolute Gasteiger partial charge is 0.0589 e. The Morgan fingerprint density at radius 3 is 2.81 bits per heavy atom. The zero-order valence-electron chi connectivity index (χ0n) is 13.9. The van der Waals surface area contributed by atoms with Crippen molar-refractivity contribution < 1.29 is 4.74 Å². The highest BCUT2D eigenvalue weighted by molar-refractivity contribution is 5.03. The molecule has 2 saturated heterocycles. The number of piperazine rings is 1. The van der Waals surface area contributed by atoms with E-state index < -0.39 is 0 Å². The molecule has 4 nitrogen and oxygen atoms in total. The van der Waals surface area contributed by atoms with Crippen LogP contribution in [-0.4, -0.2) is 66.8 Å². The molecule has 0 aromatic carbocycles. The van der Waals surface area contributed by atoms with Crippen LogP contribution in [-0.2, 0) is 4.74 Å². The molecule has 0 amide bonds. The Kier molecular flexibility index (Phi) is 4.89. The molecule has 1 aliphatic carbocycles. The third kappa shape index (κ3) is 3.00. The fraction of sp³-hybridized carbons (Fsp3) is 1.00. The number of methoxy groups -OCH3 is 1. The van der Waals surface area contributed by atoms with Crippen LogP contribution in [0.4, 0.5) is 0 Å². The molecule has 0 spiro atoms. The summed E-state index contributed by atoms with van der Waals surface area (Å²) in [5.74, 6) is 0. The summed E-state index contributed by atoms with van der Waals surface area (Å²) in [6, 6.07) is 1.39. The van der Waals surface area contributed by atoms with Crippen molar-refractivity contribution >= 4 is 0 Å². The van der Waals surface area contributed by atoms with E-state index in [1.165, 1.54) is 58.2 Å². The third-order valence-electron chi connectivity index (χ3n) is 6.29. The second-order valence-corrected chi connectivity index (χ2v) is 7.53. The Morgan fingerprint density at radius 1 is 1.19 bits per heavy atom. The topological polar surface area (TPSA) is 41.7 Å². The van der Waals surface area contributed by atoms with E-state index in [9.17, 15) is 0 Å². The molecule has 3 rings (SSSR count). The Hall–Kier alpha value is -0.160. The fourth-order valence-corrected chi connectivity index (χ4v) is 5.06. The van der Waals surface area contributed by atoms with Gasteiger partial charge in [-0.15, -0.1) is 0 Å². The van der Waals surface area contributed by atoms with Gasteiger partial charge in [0.1, 0.15) is 0 Å². The highest BCUT2D eigenvalue weighted by Gasteiger charge is 2.46. The second-order valence-electron chi connectivity index (χ2n) is 7.53. The van der Waals surface area contributed by atoms with Gasteiger partial charge in [-0.3, -0.25) is 9.80 Å². The predicted molar refractivity (Wildman–Crippen MR) is 86.4 cm³/mol. The third-order valence-corrected chi connectivity index (χ3v) is 6.29. The Bertz CT molecular complexity index is 351. The van der Waals surface area contributed by atoms with Gasteiger partial charge in [0.15, 0.2) is 0 Å². The van der Waals surface area contributed by atoms with Crippen molar-refractivity contribution in [3.05, 3.63) is 0 Å². The van der Waals surface area contributed by atoms with Crippen LogP contribution in [0.15, 0.2) is 0 Å². The van der Waals surface area contributed by atoms with Crippen LogP contribution < -0.4 is 5.73 Å². The van der Waals surface area contributed by atoms with Crippen molar-refractivity contribution in [2.24, 2.45) is 5.73 Å². The summed E-state index contributed by atoms with van der Waals surface area (Å²) in [6.07, 6.45) is 9.40. The maximum absolute atomic E-state index is 6.31. The lowest BCUT2D eigenvalue weighted by Crippen LogP contribution is -2.68. The Labute approximate surface area is 130 Å². The molecular formula is C17H33N3O. The van der Waals surface area contributed by atoms with Crippen LogP contribution >= 0.6 is 0 Å². The molecule has 21 heavy (non-hydrogen) atoms. The molecule has 0 aromatic rings. The quantitative estimate of drug-likeness (QED) is 0.862. The first-order chi connectivity index (χ1) is 10.2. The van der Waals surface area contributed by atoms with Gasteiger partial charge in [0.2, 0.25) is 0 Å². The zero-order valence-corrected chi connectivity index (χ0v) is 13.9. The van der Waals surface area contributed by atoms with E-state index in [1.54, 1.807) is 0 Å². The van der Waals surface area contributed by atoms with Crippen molar-refractivity contribution in [3.8, 4) is 0 Å². The second kappa shape index (κ2) is 6.53. The summed E-state index contributed by atoms with van der Waals surface area (Å²) in [6.45, 7) is 6.93. The molecule has 4 heteroatoms. The predicted octanol–water partition coefficient (Wildman–Crippen LogP) is 1.83. The number of nitrogens with two attached hydrogens (primary N) is 1. The van der Waals surface area contributed by atoms with Gasteiger partial charge >= 0.3 is 0 Å². The van der Waals surface area contributed by atoms with Gasteiger partial charge in [-0.1, -0.05) is 6.42 Å². The molecule has 4 unspecified atom stereocenters. The number of ether oxygens (including phenoxy) is 1. The first-order valence-corrected chi connectivity index (χ1v) is 8.92. The van der Waals surface area contributed by atoms with Gasteiger partial charge in [0, 0.05) is 44.4 Å². The number of fused-ring (bicyclic) bond motifs is 1. The van der Waals surface area contributed by atoms with Gasteiger partial charge in [-0.25, -0.2) is 0 Å². The molecule has 2 N–H and O–H groups in total. The monoisotopic (exact) mass is 295 g/mol. The van der Waals surface area contributed by atoms with E-state index in [0.29, 0.717) is 12.1 Å². The number of hydrogen-bond acceptors (Lipinski definition) is 4. The molecule has 3 fully saturated rings. The van der Waals surface area contributed by atoms with Crippen LogP contribution in [0.5, 0.6) is 0 Å². The highest BCUT2D eigenvalue weighted by Crippen LogP contribution is 2.38. The molecule has 3 aliphatic rings. The molecule has 4 atom stereocenters. The minimum Gasteiger partial charge on any atom is -0.381 e. The zero-order chi connectivity index (χ0) is 14.9. The van der Waals surface area contributed by atoms with Gasteiger partial charge in [-0.05, 0) is 52.0 Å². The lowest BCUT2D eigenvalue weighted by molar-refractivity contribution is -0.0831. The molecule has 2 aliphatic heterocycles. The lowest BCUT2D eigenvalue weighted by Gasteiger charge is -2.56. The van der Waals surface area contributed by atoms with Crippen LogP contribution in [0.1, 0.15) is 51.9 Å². The fourth-order valence-electron chi connectivity index (χ4n) is 5.06. The first-order valence-electron chi connectivity index (χ1n) is 8.92. The van der Waals surface area contributed by atoms with E-state index in [-0.39, 0.29) is 5.54 Å². The van der Waals surface area contributed by atoms with E-state index >= 15 is 0 Å². The molecule has 0 bridgehead atoms. The normalized spacial score (nSPS) is 42.7. The largest absolute Gasteiger partial charge is 0.381 e. The summed E-state index contributed by atoms with van der Waals surface area (Å²) in [4.78, 5) is 5.50. The number of hydrogen-bond donors (Lipinski definition) is 1. The van der Waals surface area contributed by atoms with Gasteiger partial charge in [0.25, 0.3) is 0 Å². The van der Waals surface area contributed by atoms with E-state index in [4.69, 9.17) is 10.5 Å². The van der Waals surface area contributed by atoms with E-state index in [2.05, 4.69) is 16.7 Å². The van der Waals surface area contributed by atoms with Gasteiger partial charge in [-0.2, -0.15) is 0 Å². The summed E-state index contributed by atoms with van der Waals surface area (Å²) in [5, 5.41) is 0. The van der Waals surface area contributed by atoms with Crippen LogP contribution in [0, 0.1) is 0 Å². The maximum atomic E-state index is 6.31. The summed E-state index contributed by atoms with van der Waals surface area (Å²) in [5.41, 5.74) is 6.49. The van der Waals surface area contributed by atoms with Crippen LogP contribution in [0.3, 0.4) is 0 Å². The summed E-state index contributed by atoms with van der Waals surface area (Å²) in [7, 11) is 1.86.